The average Bonchev–Trinajstić information content (AvgIpc) is 2.39. The number of hydrogen-bond donors (Lipinski definition) is 0. The second-order valence-electron chi connectivity index (χ2n) is 5.19. The summed E-state index contributed by atoms with van der Waals surface area (Å²) in [5, 5.41) is 0. The van der Waals surface area contributed by atoms with E-state index in [1.807, 2.05) is 27.7 Å². The molecule has 0 N–H and O–H groups in total. The van der Waals surface area contributed by atoms with Gasteiger partial charge in [0.2, 0.25) is 0 Å². The minimum atomic E-state index is -2.81. The molecule has 0 aliphatic carbocycles. The van der Waals surface area contributed by atoms with Gasteiger partial charge in [0.25, 0.3) is 0 Å². The van der Waals surface area contributed by atoms with E-state index >= 15 is 0 Å². The van der Waals surface area contributed by atoms with E-state index in [0.29, 0.717) is 25.9 Å². The second kappa shape index (κ2) is 11.5. The monoisotopic (exact) mass is 324 g/mol. The van der Waals surface area contributed by atoms with Crippen LogP contribution in [0.4, 0.5) is 0 Å². The lowest BCUT2D eigenvalue weighted by molar-refractivity contribution is -0.0489. The molecule has 0 amide bonds. The van der Waals surface area contributed by atoms with Gasteiger partial charge < -0.3 is 27.5 Å². The molecule has 0 aliphatic rings. The van der Waals surface area contributed by atoms with Crippen LogP contribution in [0.2, 0.25) is 6.04 Å². The summed E-state index contributed by atoms with van der Waals surface area (Å²) in [5.41, 5.74) is 0. The van der Waals surface area contributed by atoms with Gasteiger partial charge in [-0.2, -0.15) is 0 Å². The first-order valence-corrected chi connectivity index (χ1v) is 9.36. The Morgan fingerprint density at radius 1 is 0.667 bits per heavy atom. The van der Waals surface area contributed by atoms with Gasteiger partial charge in [-0.1, -0.05) is 6.92 Å². The van der Waals surface area contributed by atoms with Crippen LogP contribution < -0.4 is 0 Å². The van der Waals surface area contributed by atoms with E-state index in [2.05, 4.69) is 0 Å². The first-order valence-electron chi connectivity index (χ1n) is 7.43. The maximum absolute atomic E-state index is 6.12. The summed E-state index contributed by atoms with van der Waals surface area (Å²) in [6, 6.07) is 0.684. The average molecular weight is 324 g/mol. The molecule has 21 heavy (non-hydrogen) atoms. The van der Waals surface area contributed by atoms with Crippen LogP contribution in [0.3, 0.4) is 0 Å². The van der Waals surface area contributed by atoms with Crippen molar-refractivity contribution in [2.75, 3.05) is 41.2 Å². The van der Waals surface area contributed by atoms with Crippen LogP contribution in [0.5, 0.6) is 0 Å². The van der Waals surface area contributed by atoms with Gasteiger partial charge in [-0.3, -0.25) is 0 Å². The summed E-state index contributed by atoms with van der Waals surface area (Å²) in [7, 11) is 2.14. The number of hydrogen-bond acceptors (Lipinski definition) is 6. The maximum Gasteiger partial charge on any atom is 0.501 e. The summed E-state index contributed by atoms with van der Waals surface area (Å²) in [5.74, 6) is 0. The Bertz CT molecular complexity index is 218. The predicted octanol–water partition coefficient (Wildman–Crippen LogP) is 2.10. The fourth-order valence-electron chi connectivity index (χ4n) is 2.06. The summed E-state index contributed by atoms with van der Waals surface area (Å²) in [4.78, 5) is 0. The molecule has 0 heterocycles. The third-order valence-electron chi connectivity index (χ3n) is 2.78. The summed E-state index contributed by atoms with van der Waals surface area (Å²) >= 11 is 0. The van der Waals surface area contributed by atoms with Gasteiger partial charge in [-0.15, -0.1) is 0 Å². The molecule has 0 saturated heterocycles. The SMILES string of the molecule is CC[Si](OC(C)COC)(OC(C)COC)OC(C)COC. The Hall–Kier alpha value is -0.0231. The lowest BCUT2D eigenvalue weighted by Gasteiger charge is -2.35. The standard InChI is InChI=1S/C14H32O6Si/c1-8-21(18-12(2)9-15-5,19-13(3)10-16-6)20-14(4)11-17-7/h12-14H,8-11H2,1-7H3. The third kappa shape index (κ3) is 8.87. The number of rotatable bonds is 13. The van der Waals surface area contributed by atoms with Gasteiger partial charge in [0.1, 0.15) is 0 Å². The largest absolute Gasteiger partial charge is 0.501 e. The molecule has 0 fully saturated rings. The first kappa shape index (κ1) is 21.0. The van der Waals surface area contributed by atoms with Gasteiger partial charge in [0, 0.05) is 27.4 Å². The molecule has 0 aliphatic heterocycles. The van der Waals surface area contributed by atoms with Crippen LogP contribution in [0.1, 0.15) is 27.7 Å². The zero-order chi connectivity index (χ0) is 16.3. The van der Waals surface area contributed by atoms with Gasteiger partial charge in [-0.25, -0.2) is 0 Å². The molecule has 0 aromatic rings. The Morgan fingerprint density at radius 3 is 1.14 bits per heavy atom. The van der Waals surface area contributed by atoms with Crippen LogP contribution in [-0.2, 0) is 27.5 Å². The molecule has 0 aromatic carbocycles. The topological polar surface area (TPSA) is 55.4 Å². The molecule has 7 heteroatoms. The van der Waals surface area contributed by atoms with Crippen molar-refractivity contribution in [1.82, 2.24) is 0 Å². The first-order chi connectivity index (χ1) is 9.92. The molecule has 3 unspecified atom stereocenters. The molecule has 0 spiro atoms. The van der Waals surface area contributed by atoms with E-state index in [1.54, 1.807) is 21.3 Å². The molecule has 0 bridgehead atoms. The Morgan fingerprint density at radius 2 is 0.952 bits per heavy atom. The van der Waals surface area contributed by atoms with Gasteiger partial charge in [-0.05, 0) is 20.8 Å². The number of methoxy groups -OCH3 is 3. The Balaban J connectivity index is 4.89. The fraction of sp³-hybridized carbons (Fsp3) is 1.00. The van der Waals surface area contributed by atoms with Gasteiger partial charge in [0.15, 0.2) is 0 Å². The van der Waals surface area contributed by atoms with E-state index in [4.69, 9.17) is 27.5 Å². The quantitative estimate of drug-likeness (QED) is 0.484. The summed E-state index contributed by atoms with van der Waals surface area (Å²) in [6.07, 6.45) is -0.275. The van der Waals surface area contributed by atoms with Crippen molar-refractivity contribution in [3.05, 3.63) is 0 Å². The molecule has 0 saturated carbocycles. The van der Waals surface area contributed by atoms with Crippen molar-refractivity contribution in [1.29, 1.82) is 0 Å². The molecule has 3 atom stereocenters. The lowest BCUT2D eigenvalue weighted by atomic mass is 10.4. The normalized spacial score (nSPS) is 19.0. The summed E-state index contributed by atoms with van der Waals surface area (Å²) in [6.45, 7) is 9.38. The fourth-order valence-corrected chi connectivity index (χ4v) is 4.77. The predicted molar refractivity (Wildman–Crippen MR) is 83.5 cm³/mol. The van der Waals surface area contributed by atoms with Crippen LogP contribution in [0, 0.1) is 0 Å². The van der Waals surface area contributed by atoms with E-state index in [9.17, 15) is 0 Å². The van der Waals surface area contributed by atoms with Crippen molar-refractivity contribution in [2.24, 2.45) is 0 Å². The molecular formula is C14H32O6Si. The third-order valence-corrected chi connectivity index (χ3v) is 5.93. The van der Waals surface area contributed by atoms with E-state index < -0.39 is 8.80 Å². The molecule has 6 nitrogen and oxygen atoms in total. The Labute approximate surface area is 130 Å². The van der Waals surface area contributed by atoms with Crippen molar-refractivity contribution < 1.29 is 27.5 Å². The Kier molecular flexibility index (Phi) is 11.5. The molecular weight excluding hydrogens is 292 g/mol. The smallest absolute Gasteiger partial charge is 0.382 e. The van der Waals surface area contributed by atoms with Crippen LogP contribution in [0.15, 0.2) is 0 Å². The zero-order valence-corrected chi connectivity index (χ0v) is 15.5. The van der Waals surface area contributed by atoms with Gasteiger partial charge in [0.05, 0.1) is 38.1 Å². The highest BCUT2D eigenvalue weighted by atomic mass is 28.4. The molecule has 0 aromatic heterocycles. The minimum Gasteiger partial charge on any atom is -0.382 e. The highest BCUT2D eigenvalue weighted by molar-refractivity contribution is 6.60. The highest BCUT2D eigenvalue weighted by Gasteiger charge is 2.44. The van der Waals surface area contributed by atoms with E-state index in [1.165, 1.54) is 0 Å². The van der Waals surface area contributed by atoms with Crippen LogP contribution >= 0.6 is 0 Å². The summed E-state index contributed by atoms with van der Waals surface area (Å²) < 4.78 is 33.8. The highest BCUT2D eigenvalue weighted by Crippen LogP contribution is 2.22. The van der Waals surface area contributed by atoms with Crippen molar-refractivity contribution in [3.63, 3.8) is 0 Å². The molecule has 0 radical (unpaired) electrons. The lowest BCUT2D eigenvalue weighted by Crippen LogP contribution is -2.52. The van der Waals surface area contributed by atoms with Crippen LogP contribution in [0.25, 0.3) is 0 Å². The van der Waals surface area contributed by atoms with Crippen molar-refractivity contribution in [3.8, 4) is 0 Å². The minimum absolute atomic E-state index is 0.0916. The number of ether oxygens (including phenoxy) is 3. The van der Waals surface area contributed by atoms with Crippen molar-refractivity contribution >= 4 is 8.80 Å². The zero-order valence-electron chi connectivity index (χ0n) is 14.5. The second-order valence-corrected chi connectivity index (χ2v) is 7.97. The molecule has 128 valence electrons. The molecule has 0 rings (SSSR count). The maximum atomic E-state index is 6.12. The van der Waals surface area contributed by atoms with Crippen LogP contribution in [-0.4, -0.2) is 68.3 Å². The van der Waals surface area contributed by atoms with Gasteiger partial charge >= 0.3 is 8.80 Å². The van der Waals surface area contributed by atoms with E-state index in [0.717, 1.165) is 0 Å². The van der Waals surface area contributed by atoms with Crippen molar-refractivity contribution in [2.45, 2.75) is 52.1 Å². The van der Waals surface area contributed by atoms with E-state index in [-0.39, 0.29) is 18.3 Å².